The predicted octanol–water partition coefficient (Wildman–Crippen LogP) is 3.26. The van der Waals surface area contributed by atoms with E-state index >= 15 is 0 Å². The maximum atomic E-state index is 10.6. The zero-order chi connectivity index (χ0) is 13.7. The summed E-state index contributed by atoms with van der Waals surface area (Å²) in [7, 11) is 0. The summed E-state index contributed by atoms with van der Waals surface area (Å²) in [5.74, 6) is 2.27. The van der Waals surface area contributed by atoms with E-state index in [1.165, 1.54) is 44.9 Å². The van der Waals surface area contributed by atoms with Gasteiger partial charge >= 0.3 is 0 Å². The van der Waals surface area contributed by atoms with Crippen molar-refractivity contribution in [3.8, 4) is 0 Å². The van der Waals surface area contributed by atoms with Crippen molar-refractivity contribution in [2.24, 2.45) is 23.7 Å². The lowest BCUT2D eigenvalue weighted by Gasteiger charge is -2.33. The van der Waals surface area contributed by atoms with Crippen LogP contribution in [0.1, 0.15) is 57.8 Å². The first-order valence-electron chi connectivity index (χ1n) is 7.90. The Morgan fingerprint density at radius 1 is 0.947 bits per heavy atom. The Hall–Kier alpha value is -0.640. The fraction of sp³-hybridized carbons (Fsp3) is 1.00. The maximum Gasteiger partial charge on any atom is 0.206 e. The fourth-order valence-electron chi connectivity index (χ4n) is 4.25. The fourth-order valence-corrected chi connectivity index (χ4v) is 4.25. The van der Waals surface area contributed by atoms with E-state index in [1.807, 2.05) is 0 Å². The number of rotatable bonds is 5. The van der Waals surface area contributed by atoms with Crippen molar-refractivity contribution in [3.05, 3.63) is 10.1 Å². The van der Waals surface area contributed by atoms with E-state index in [9.17, 15) is 15.2 Å². The molecule has 19 heavy (non-hydrogen) atoms. The topological polar surface area (TPSA) is 63.4 Å². The Morgan fingerprint density at radius 3 is 2.05 bits per heavy atom. The summed E-state index contributed by atoms with van der Waals surface area (Å²) in [6, 6.07) is 0. The average Bonchev–Trinajstić information content (AvgIpc) is 2.38. The van der Waals surface area contributed by atoms with Crippen molar-refractivity contribution in [3.63, 3.8) is 0 Å². The Labute approximate surface area is 115 Å². The lowest BCUT2D eigenvalue weighted by Crippen LogP contribution is -2.26. The average molecular weight is 269 g/mol. The van der Waals surface area contributed by atoms with Crippen LogP contribution in [0.2, 0.25) is 0 Å². The highest BCUT2D eigenvalue weighted by molar-refractivity contribution is 4.79. The molecule has 0 radical (unpaired) electrons. The monoisotopic (exact) mass is 269 g/mol. The van der Waals surface area contributed by atoms with Gasteiger partial charge in [-0.25, -0.2) is 0 Å². The number of hydrogen-bond acceptors (Lipinski definition) is 3. The summed E-state index contributed by atoms with van der Waals surface area (Å²) in [5.41, 5.74) is 0. The van der Waals surface area contributed by atoms with Crippen LogP contribution in [0.3, 0.4) is 0 Å². The van der Waals surface area contributed by atoms with Crippen LogP contribution in [0.4, 0.5) is 0 Å². The number of nitro groups is 1. The molecule has 0 bridgehead atoms. The van der Waals surface area contributed by atoms with Crippen LogP contribution in [0.15, 0.2) is 0 Å². The van der Waals surface area contributed by atoms with Crippen molar-refractivity contribution >= 4 is 0 Å². The van der Waals surface area contributed by atoms with Crippen LogP contribution >= 0.6 is 0 Å². The number of aliphatic hydroxyl groups is 1. The summed E-state index contributed by atoms with van der Waals surface area (Å²) >= 11 is 0. The zero-order valence-electron chi connectivity index (χ0n) is 11.8. The molecule has 0 heterocycles. The molecule has 3 unspecified atom stereocenters. The van der Waals surface area contributed by atoms with Crippen molar-refractivity contribution < 1.29 is 10.0 Å². The molecule has 0 aromatic carbocycles. The highest BCUT2D eigenvalue weighted by atomic mass is 16.6. The summed E-state index contributed by atoms with van der Waals surface area (Å²) in [6.07, 6.45) is 10.7. The Bertz CT molecular complexity index is 295. The van der Waals surface area contributed by atoms with Crippen molar-refractivity contribution in [2.75, 3.05) is 13.2 Å². The second kappa shape index (κ2) is 7.22. The first-order valence-corrected chi connectivity index (χ1v) is 7.90. The third-order valence-electron chi connectivity index (χ3n) is 5.11. The quantitative estimate of drug-likeness (QED) is 0.615. The minimum atomic E-state index is -0.143. The lowest BCUT2D eigenvalue weighted by molar-refractivity contribution is -0.489. The molecule has 2 fully saturated rings. The molecule has 1 N–H and O–H groups in total. The van der Waals surface area contributed by atoms with E-state index in [0.29, 0.717) is 24.4 Å². The van der Waals surface area contributed by atoms with Crippen LogP contribution < -0.4 is 0 Å². The molecule has 0 spiro atoms. The summed E-state index contributed by atoms with van der Waals surface area (Å²) in [6.45, 7) is 0.506. The van der Waals surface area contributed by atoms with E-state index in [2.05, 4.69) is 0 Å². The van der Waals surface area contributed by atoms with E-state index in [4.69, 9.17) is 0 Å². The van der Waals surface area contributed by atoms with Gasteiger partial charge in [0.15, 0.2) is 0 Å². The molecule has 2 saturated carbocycles. The van der Waals surface area contributed by atoms with Gasteiger partial charge in [-0.3, -0.25) is 10.1 Å². The largest absolute Gasteiger partial charge is 0.396 e. The minimum Gasteiger partial charge on any atom is -0.396 e. The van der Waals surface area contributed by atoms with Gasteiger partial charge in [0.2, 0.25) is 6.54 Å². The second-order valence-corrected chi connectivity index (χ2v) is 6.73. The second-order valence-electron chi connectivity index (χ2n) is 6.73. The SMILES string of the molecule is O=[N+]([O-])C[C@@H]1CCCC(CC2CCCC(CO)C2)C1. The summed E-state index contributed by atoms with van der Waals surface area (Å²) in [5, 5.41) is 19.9. The van der Waals surface area contributed by atoms with Gasteiger partial charge in [-0.1, -0.05) is 25.7 Å². The first-order chi connectivity index (χ1) is 9.17. The highest BCUT2D eigenvalue weighted by Gasteiger charge is 2.29. The molecule has 0 amide bonds. The number of nitrogens with zero attached hydrogens (tertiary/aromatic N) is 1. The maximum absolute atomic E-state index is 10.6. The molecular weight excluding hydrogens is 242 g/mol. The Kier molecular flexibility index (Phi) is 5.61. The Morgan fingerprint density at radius 2 is 1.47 bits per heavy atom. The molecule has 4 atom stereocenters. The van der Waals surface area contributed by atoms with E-state index < -0.39 is 0 Å². The van der Waals surface area contributed by atoms with Crippen molar-refractivity contribution in [1.82, 2.24) is 0 Å². The minimum absolute atomic E-state index is 0.143. The molecule has 4 nitrogen and oxygen atoms in total. The summed E-state index contributed by atoms with van der Waals surface area (Å²) < 4.78 is 0. The molecule has 0 aromatic heterocycles. The molecule has 2 aliphatic carbocycles. The van der Waals surface area contributed by atoms with E-state index in [0.717, 1.165) is 18.8 Å². The highest BCUT2D eigenvalue weighted by Crippen LogP contribution is 2.38. The van der Waals surface area contributed by atoms with Crippen LogP contribution in [0.25, 0.3) is 0 Å². The van der Waals surface area contributed by atoms with Gasteiger partial charge in [-0.2, -0.15) is 0 Å². The van der Waals surface area contributed by atoms with Crippen LogP contribution in [0, 0.1) is 33.8 Å². The van der Waals surface area contributed by atoms with Gasteiger partial charge in [0.25, 0.3) is 0 Å². The van der Waals surface area contributed by atoms with E-state index in [-0.39, 0.29) is 11.5 Å². The molecule has 0 saturated heterocycles. The molecule has 110 valence electrons. The van der Waals surface area contributed by atoms with E-state index in [1.54, 1.807) is 0 Å². The van der Waals surface area contributed by atoms with Gasteiger partial charge in [0, 0.05) is 17.4 Å². The third-order valence-corrected chi connectivity index (χ3v) is 5.11. The zero-order valence-corrected chi connectivity index (χ0v) is 11.8. The van der Waals surface area contributed by atoms with Gasteiger partial charge in [-0.15, -0.1) is 0 Å². The molecule has 4 heteroatoms. The number of aliphatic hydroxyl groups excluding tert-OH is 1. The molecule has 2 aliphatic rings. The molecule has 0 aromatic rings. The first kappa shape index (κ1) is 14.8. The van der Waals surface area contributed by atoms with Crippen molar-refractivity contribution in [1.29, 1.82) is 0 Å². The van der Waals surface area contributed by atoms with Gasteiger partial charge in [0.1, 0.15) is 0 Å². The third kappa shape index (κ3) is 4.75. The predicted molar refractivity (Wildman–Crippen MR) is 74.5 cm³/mol. The molecule has 2 rings (SSSR count). The molecule has 0 aliphatic heterocycles. The summed E-state index contributed by atoms with van der Waals surface area (Å²) in [4.78, 5) is 10.5. The van der Waals surface area contributed by atoms with Crippen LogP contribution in [-0.2, 0) is 0 Å². The van der Waals surface area contributed by atoms with Crippen molar-refractivity contribution in [2.45, 2.75) is 57.8 Å². The van der Waals surface area contributed by atoms with Crippen LogP contribution in [-0.4, -0.2) is 23.2 Å². The van der Waals surface area contributed by atoms with Gasteiger partial charge in [-0.05, 0) is 49.9 Å². The normalized spacial score (nSPS) is 36.1. The van der Waals surface area contributed by atoms with Gasteiger partial charge in [0.05, 0.1) is 0 Å². The van der Waals surface area contributed by atoms with Gasteiger partial charge < -0.3 is 5.11 Å². The van der Waals surface area contributed by atoms with Crippen LogP contribution in [0.5, 0.6) is 0 Å². The standard InChI is InChI=1S/C15H27NO3/c17-11-15-6-2-4-13(9-15)7-12-3-1-5-14(8-12)10-16(18)19/h12-15,17H,1-11H2/t12?,13?,14-,15?/m1/s1. The smallest absolute Gasteiger partial charge is 0.206 e. The Balaban J connectivity index is 1.76. The lowest BCUT2D eigenvalue weighted by atomic mass is 9.72. The molecular formula is C15H27NO3. The number of hydrogen-bond donors (Lipinski definition) is 1.